The predicted molar refractivity (Wildman–Crippen MR) is 71.6 cm³/mol. The normalized spacial score (nSPS) is 12.2. The molecule has 7 heteroatoms. The van der Waals surface area contributed by atoms with Crippen molar-refractivity contribution in [3.63, 3.8) is 0 Å². The van der Waals surface area contributed by atoms with Crippen LogP contribution in [0.15, 0.2) is 0 Å². The van der Waals surface area contributed by atoms with Gasteiger partial charge in [0, 0.05) is 6.42 Å². The lowest BCUT2D eigenvalue weighted by Crippen LogP contribution is -2.44. The molecule has 0 saturated heterocycles. The molecule has 0 heterocycles. The Morgan fingerprint density at radius 2 is 1.53 bits per heavy atom. The highest BCUT2D eigenvalue weighted by atomic mass is 16.2. The first kappa shape index (κ1) is 17.4. The fraction of sp³-hybridized carbons (Fsp3) is 0.750. The number of nitrogens with two attached hydrogens (primary N) is 3. The van der Waals surface area contributed by atoms with Gasteiger partial charge in [0.2, 0.25) is 17.7 Å². The van der Waals surface area contributed by atoms with Crippen molar-refractivity contribution in [1.29, 1.82) is 0 Å². The van der Waals surface area contributed by atoms with Crippen LogP contribution in [0.3, 0.4) is 0 Å². The van der Waals surface area contributed by atoms with E-state index in [1.54, 1.807) is 0 Å². The maximum Gasteiger partial charge on any atom is 0.237 e. The fourth-order valence-electron chi connectivity index (χ4n) is 1.91. The van der Waals surface area contributed by atoms with Crippen LogP contribution >= 0.6 is 0 Å². The minimum Gasteiger partial charge on any atom is -0.368 e. The molecule has 0 aliphatic rings. The van der Waals surface area contributed by atoms with Crippen LogP contribution in [-0.4, -0.2) is 42.3 Å². The lowest BCUT2D eigenvalue weighted by molar-refractivity contribution is -0.138. The highest BCUT2D eigenvalue weighted by molar-refractivity contribution is 5.88. The topological polar surface area (TPSA) is 133 Å². The second-order valence-corrected chi connectivity index (χ2v) is 5.12. The molecule has 0 saturated carbocycles. The fourth-order valence-corrected chi connectivity index (χ4v) is 1.91. The molecular weight excluding hydrogens is 248 g/mol. The second-order valence-electron chi connectivity index (χ2n) is 5.12. The average molecular weight is 272 g/mol. The molecule has 0 aromatic heterocycles. The Labute approximate surface area is 113 Å². The van der Waals surface area contributed by atoms with Crippen molar-refractivity contribution in [2.45, 2.75) is 26.7 Å². The summed E-state index contributed by atoms with van der Waals surface area (Å²) in [6.45, 7) is 3.85. The maximum atomic E-state index is 12.0. The van der Waals surface area contributed by atoms with Crippen molar-refractivity contribution in [1.82, 2.24) is 4.90 Å². The predicted octanol–water partition coefficient (Wildman–Crippen LogP) is -1.20. The lowest BCUT2D eigenvalue weighted by atomic mass is 9.94. The molecule has 0 bridgehead atoms. The van der Waals surface area contributed by atoms with E-state index in [1.807, 2.05) is 13.8 Å². The van der Waals surface area contributed by atoms with Crippen molar-refractivity contribution >= 4 is 17.7 Å². The second kappa shape index (κ2) is 8.47. The summed E-state index contributed by atoms with van der Waals surface area (Å²) in [4.78, 5) is 34.9. The number of rotatable bonds is 9. The average Bonchev–Trinajstić information content (AvgIpc) is 2.25. The molecule has 7 nitrogen and oxygen atoms in total. The van der Waals surface area contributed by atoms with Crippen LogP contribution in [0.1, 0.15) is 26.7 Å². The molecule has 0 spiro atoms. The number of carbonyl (C=O) groups is 3. The van der Waals surface area contributed by atoms with E-state index in [2.05, 4.69) is 0 Å². The summed E-state index contributed by atoms with van der Waals surface area (Å²) in [5.74, 6) is -1.24. The van der Waals surface area contributed by atoms with Crippen LogP contribution in [0.2, 0.25) is 0 Å². The number of hydrogen-bond acceptors (Lipinski definition) is 4. The van der Waals surface area contributed by atoms with E-state index < -0.39 is 11.8 Å². The highest BCUT2D eigenvalue weighted by Gasteiger charge is 2.21. The smallest absolute Gasteiger partial charge is 0.237 e. The van der Waals surface area contributed by atoms with Crippen molar-refractivity contribution in [2.24, 2.45) is 29.0 Å². The Bertz CT molecular complexity index is 315. The van der Waals surface area contributed by atoms with Crippen LogP contribution in [0.5, 0.6) is 0 Å². The third kappa shape index (κ3) is 8.15. The van der Waals surface area contributed by atoms with Crippen LogP contribution < -0.4 is 17.2 Å². The van der Waals surface area contributed by atoms with E-state index in [0.29, 0.717) is 12.5 Å². The molecule has 1 unspecified atom stereocenters. The monoisotopic (exact) mass is 272 g/mol. The summed E-state index contributed by atoms with van der Waals surface area (Å²) in [5.41, 5.74) is 15.7. The summed E-state index contributed by atoms with van der Waals surface area (Å²) >= 11 is 0. The Balaban J connectivity index is 4.59. The Morgan fingerprint density at radius 1 is 1.05 bits per heavy atom. The van der Waals surface area contributed by atoms with Gasteiger partial charge in [-0.05, 0) is 24.8 Å². The van der Waals surface area contributed by atoms with Gasteiger partial charge in [-0.25, -0.2) is 0 Å². The van der Waals surface area contributed by atoms with E-state index >= 15 is 0 Å². The summed E-state index contributed by atoms with van der Waals surface area (Å²) in [5, 5.41) is 0. The van der Waals surface area contributed by atoms with E-state index in [0.717, 1.165) is 11.3 Å². The van der Waals surface area contributed by atoms with Gasteiger partial charge in [0.1, 0.15) is 0 Å². The minimum absolute atomic E-state index is 0.0238. The van der Waals surface area contributed by atoms with Crippen molar-refractivity contribution in [3.05, 3.63) is 0 Å². The summed E-state index contributed by atoms with van der Waals surface area (Å²) in [6, 6.07) is 0. The molecule has 0 aromatic carbocycles. The molecular formula is C12H24N4O3. The van der Waals surface area contributed by atoms with Crippen molar-refractivity contribution in [3.8, 4) is 0 Å². The Morgan fingerprint density at radius 3 is 1.84 bits per heavy atom. The molecule has 0 radical (unpaired) electrons. The van der Waals surface area contributed by atoms with Crippen LogP contribution in [0, 0.1) is 11.8 Å². The lowest BCUT2D eigenvalue weighted by Gasteiger charge is -2.23. The van der Waals surface area contributed by atoms with Gasteiger partial charge in [-0.15, -0.1) is 0 Å². The van der Waals surface area contributed by atoms with Gasteiger partial charge in [0.15, 0.2) is 0 Å². The van der Waals surface area contributed by atoms with E-state index in [1.165, 1.54) is 0 Å². The first-order valence-electron chi connectivity index (χ1n) is 6.30. The zero-order valence-corrected chi connectivity index (χ0v) is 11.6. The molecule has 19 heavy (non-hydrogen) atoms. The minimum atomic E-state index is -0.678. The third-order valence-electron chi connectivity index (χ3n) is 2.65. The summed E-state index contributed by atoms with van der Waals surface area (Å²) in [6.07, 6.45) is 0.998. The molecule has 1 atom stereocenters. The molecule has 6 N–H and O–H groups in total. The van der Waals surface area contributed by atoms with Gasteiger partial charge < -0.3 is 22.1 Å². The third-order valence-corrected chi connectivity index (χ3v) is 2.65. The van der Waals surface area contributed by atoms with Crippen LogP contribution in [0.25, 0.3) is 0 Å². The van der Waals surface area contributed by atoms with Crippen LogP contribution in [0.4, 0.5) is 0 Å². The first-order valence-corrected chi connectivity index (χ1v) is 6.30. The van der Waals surface area contributed by atoms with Gasteiger partial charge >= 0.3 is 0 Å². The zero-order chi connectivity index (χ0) is 15.0. The standard InChI is InChI=1S/C12H24N4O3/c1-8(2)3-9(5-13)4-12(19)16(6-10(14)17)7-11(15)18/h8-9H,3-7,13H2,1-2H3,(H2,14,17)(H2,15,18). The Hall–Kier alpha value is -1.63. The molecule has 0 aliphatic heterocycles. The number of amides is 3. The number of nitrogens with zero attached hydrogens (tertiary/aromatic N) is 1. The molecule has 0 fully saturated rings. The van der Waals surface area contributed by atoms with Gasteiger partial charge in [0.05, 0.1) is 13.1 Å². The Kier molecular flexibility index (Phi) is 7.74. The maximum absolute atomic E-state index is 12.0. The molecule has 3 amide bonds. The van der Waals surface area contributed by atoms with Gasteiger partial charge in [0.25, 0.3) is 0 Å². The van der Waals surface area contributed by atoms with E-state index in [9.17, 15) is 14.4 Å². The van der Waals surface area contributed by atoms with Crippen LogP contribution in [-0.2, 0) is 14.4 Å². The molecule has 0 rings (SSSR count). The van der Waals surface area contributed by atoms with Gasteiger partial charge in [-0.3, -0.25) is 14.4 Å². The summed E-state index contributed by atoms with van der Waals surface area (Å²) < 4.78 is 0. The zero-order valence-electron chi connectivity index (χ0n) is 11.6. The van der Waals surface area contributed by atoms with Crippen molar-refractivity contribution in [2.75, 3.05) is 19.6 Å². The highest BCUT2D eigenvalue weighted by Crippen LogP contribution is 2.15. The largest absolute Gasteiger partial charge is 0.368 e. The molecule has 0 aromatic rings. The quantitative estimate of drug-likeness (QED) is 0.486. The van der Waals surface area contributed by atoms with E-state index in [4.69, 9.17) is 17.2 Å². The molecule has 110 valence electrons. The first-order chi connectivity index (χ1) is 8.76. The van der Waals surface area contributed by atoms with Gasteiger partial charge in [-0.1, -0.05) is 13.8 Å². The summed E-state index contributed by atoms with van der Waals surface area (Å²) in [7, 11) is 0. The van der Waals surface area contributed by atoms with Crippen molar-refractivity contribution < 1.29 is 14.4 Å². The SMILES string of the molecule is CC(C)CC(CN)CC(=O)N(CC(N)=O)CC(N)=O. The number of hydrogen-bond donors (Lipinski definition) is 3. The number of carbonyl (C=O) groups excluding carboxylic acids is 3. The van der Waals surface area contributed by atoms with Gasteiger partial charge in [-0.2, -0.15) is 0 Å². The van der Waals surface area contributed by atoms with E-state index in [-0.39, 0.29) is 31.3 Å². The molecule has 0 aliphatic carbocycles. The number of primary amides is 2.